The molecule has 3 amide bonds. The van der Waals surface area contributed by atoms with Gasteiger partial charge in [0.2, 0.25) is 5.91 Å². The summed E-state index contributed by atoms with van der Waals surface area (Å²) in [5.74, 6) is 0.335. The highest BCUT2D eigenvalue weighted by molar-refractivity contribution is 6.01. The molecule has 2 N–H and O–H groups in total. The Morgan fingerprint density at radius 1 is 1.08 bits per heavy atom. The Kier molecular flexibility index (Phi) is 6.54. The van der Waals surface area contributed by atoms with Gasteiger partial charge in [0.25, 0.3) is 0 Å². The summed E-state index contributed by atoms with van der Waals surface area (Å²) >= 11 is 0. The van der Waals surface area contributed by atoms with Crippen molar-refractivity contribution < 1.29 is 14.3 Å². The van der Waals surface area contributed by atoms with Gasteiger partial charge in [0, 0.05) is 12.2 Å². The van der Waals surface area contributed by atoms with Crippen LogP contribution in [0.5, 0.6) is 5.75 Å². The third-order valence-electron chi connectivity index (χ3n) is 3.72. The summed E-state index contributed by atoms with van der Waals surface area (Å²) in [6.07, 6.45) is 0. The number of amides is 3. The van der Waals surface area contributed by atoms with E-state index in [0.717, 1.165) is 5.56 Å². The van der Waals surface area contributed by atoms with E-state index >= 15 is 0 Å². The number of ether oxygens (including phenoxy) is 1. The number of hydrogen-bond donors (Lipinski definition) is 2. The van der Waals surface area contributed by atoms with Crippen molar-refractivity contribution in [3.63, 3.8) is 0 Å². The second-order valence-electron chi connectivity index (χ2n) is 5.83. The number of nitrogens with zero attached hydrogens (tertiary/aromatic N) is 1. The molecule has 0 bridgehead atoms. The molecule has 0 saturated carbocycles. The van der Waals surface area contributed by atoms with Gasteiger partial charge in [-0.25, -0.2) is 4.79 Å². The normalized spacial score (nSPS) is 10.4. The van der Waals surface area contributed by atoms with Crippen molar-refractivity contribution in [1.82, 2.24) is 10.2 Å². The van der Waals surface area contributed by atoms with Gasteiger partial charge in [-0.3, -0.25) is 15.0 Å². The second kappa shape index (κ2) is 8.84. The first kappa shape index (κ1) is 18.5. The monoisotopic (exact) mass is 341 g/mol. The van der Waals surface area contributed by atoms with E-state index in [1.807, 2.05) is 43.1 Å². The van der Waals surface area contributed by atoms with Crippen LogP contribution in [0.3, 0.4) is 0 Å². The molecule has 2 rings (SSSR count). The van der Waals surface area contributed by atoms with Crippen LogP contribution >= 0.6 is 0 Å². The minimum Gasteiger partial charge on any atom is -0.497 e. The fraction of sp³-hybridized carbons (Fsp3) is 0.263. The average molecular weight is 341 g/mol. The summed E-state index contributed by atoms with van der Waals surface area (Å²) < 4.78 is 5.05. The zero-order valence-electron chi connectivity index (χ0n) is 14.7. The standard InChI is InChI=1S/C19H23N3O3/c1-14-6-4-5-7-15(14)12-22(2)13-18(23)21-19(24)20-16-8-10-17(25-3)11-9-16/h4-11H,12-13H2,1-3H3,(H2,20,21,23,24). The van der Waals surface area contributed by atoms with E-state index in [2.05, 4.69) is 10.6 Å². The maximum Gasteiger partial charge on any atom is 0.325 e. The molecule has 0 spiro atoms. The number of rotatable bonds is 6. The third kappa shape index (κ3) is 5.93. The van der Waals surface area contributed by atoms with Crippen LogP contribution in [0.15, 0.2) is 48.5 Å². The molecule has 6 heteroatoms. The Hall–Kier alpha value is -2.86. The minimum absolute atomic E-state index is 0.129. The molecule has 2 aromatic carbocycles. The number of benzene rings is 2. The summed E-state index contributed by atoms with van der Waals surface area (Å²) in [5, 5.41) is 4.94. The number of anilines is 1. The van der Waals surface area contributed by atoms with E-state index in [9.17, 15) is 9.59 Å². The fourth-order valence-electron chi connectivity index (χ4n) is 2.38. The SMILES string of the molecule is COc1ccc(NC(=O)NC(=O)CN(C)Cc2ccccc2C)cc1. The molecule has 0 unspecified atom stereocenters. The van der Waals surface area contributed by atoms with E-state index in [0.29, 0.717) is 18.0 Å². The largest absolute Gasteiger partial charge is 0.497 e. The van der Waals surface area contributed by atoms with Crippen molar-refractivity contribution in [3.05, 3.63) is 59.7 Å². The van der Waals surface area contributed by atoms with Crippen molar-refractivity contribution in [2.24, 2.45) is 0 Å². The molecule has 25 heavy (non-hydrogen) atoms. The lowest BCUT2D eigenvalue weighted by atomic mass is 10.1. The van der Waals surface area contributed by atoms with Crippen molar-refractivity contribution in [1.29, 1.82) is 0 Å². The van der Waals surface area contributed by atoms with E-state index in [1.54, 1.807) is 31.4 Å². The predicted octanol–water partition coefficient (Wildman–Crippen LogP) is 2.78. The quantitative estimate of drug-likeness (QED) is 0.848. The van der Waals surface area contributed by atoms with E-state index in [1.165, 1.54) is 5.56 Å². The van der Waals surface area contributed by atoms with Crippen LogP contribution in [-0.4, -0.2) is 37.5 Å². The molecule has 0 radical (unpaired) electrons. The predicted molar refractivity (Wildman–Crippen MR) is 97.7 cm³/mol. The number of likely N-dealkylation sites (N-methyl/N-ethyl adjacent to an activating group) is 1. The summed E-state index contributed by atoms with van der Waals surface area (Å²) in [7, 11) is 3.41. The Morgan fingerprint density at radius 3 is 2.40 bits per heavy atom. The zero-order valence-corrected chi connectivity index (χ0v) is 14.7. The molecule has 0 fully saturated rings. The molecule has 0 atom stereocenters. The molecular formula is C19H23N3O3. The highest BCUT2D eigenvalue weighted by Gasteiger charge is 2.11. The summed E-state index contributed by atoms with van der Waals surface area (Å²) in [6, 6.07) is 14.3. The maximum atomic E-state index is 12.0. The number of carbonyl (C=O) groups excluding carboxylic acids is 2. The molecule has 0 aliphatic heterocycles. The van der Waals surface area contributed by atoms with Crippen molar-refractivity contribution in [3.8, 4) is 5.75 Å². The van der Waals surface area contributed by atoms with Gasteiger partial charge < -0.3 is 10.1 Å². The number of imide groups is 1. The maximum absolute atomic E-state index is 12.0. The van der Waals surface area contributed by atoms with Crippen LogP contribution in [0.4, 0.5) is 10.5 Å². The summed E-state index contributed by atoms with van der Waals surface area (Å²) in [5.41, 5.74) is 2.91. The van der Waals surface area contributed by atoms with Crippen molar-refractivity contribution >= 4 is 17.6 Å². The van der Waals surface area contributed by atoms with Crippen molar-refractivity contribution in [2.75, 3.05) is 26.0 Å². The van der Waals surface area contributed by atoms with Gasteiger partial charge in [0.15, 0.2) is 0 Å². The van der Waals surface area contributed by atoms with Crippen LogP contribution in [-0.2, 0) is 11.3 Å². The van der Waals surface area contributed by atoms with Gasteiger partial charge in [0.1, 0.15) is 5.75 Å². The first-order chi connectivity index (χ1) is 12.0. The van der Waals surface area contributed by atoms with Gasteiger partial charge in [-0.05, 0) is 49.4 Å². The second-order valence-corrected chi connectivity index (χ2v) is 5.83. The molecule has 0 saturated heterocycles. The first-order valence-corrected chi connectivity index (χ1v) is 7.96. The Balaban J connectivity index is 1.80. The molecular weight excluding hydrogens is 318 g/mol. The highest BCUT2D eigenvalue weighted by Crippen LogP contribution is 2.14. The van der Waals surface area contributed by atoms with Gasteiger partial charge >= 0.3 is 6.03 Å². The fourth-order valence-corrected chi connectivity index (χ4v) is 2.38. The molecule has 0 aromatic heterocycles. The third-order valence-corrected chi connectivity index (χ3v) is 3.72. The van der Waals surface area contributed by atoms with Crippen LogP contribution in [0.25, 0.3) is 0 Å². The average Bonchev–Trinajstić information content (AvgIpc) is 2.57. The summed E-state index contributed by atoms with van der Waals surface area (Å²) in [6.45, 7) is 2.80. The molecule has 132 valence electrons. The van der Waals surface area contributed by atoms with Gasteiger partial charge in [-0.2, -0.15) is 0 Å². The van der Waals surface area contributed by atoms with E-state index in [-0.39, 0.29) is 12.5 Å². The highest BCUT2D eigenvalue weighted by atomic mass is 16.5. The van der Waals surface area contributed by atoms with Gasteiger partial charge in [0.05, 0.1) is 13.7 Å². The van der Waals surface area contributed by atoms with E-state index in [4.69, 9.17) is 4.74 Å². The zero-order chi connectivity index (χ0) is 18.2. The summed E-state index contributed by atoms with van der Waals surface area (Å²) in [4.78, 5) is 25.7. The number of nitrogens with one attached hydrogen (secondary N) is 2. The van der Waals surface area contributed by atoms with Crippen molar-refractivity contribution in [2.45, 2.75) is 13.5 Å². The minimum atomic E-state index is -0.556. The van der Waals surface area contributed by atoms with Gasteiger partial charge in [-0.1, -0.05) is 24.3 Å². The Labute approximate surface area is 147 Å². The van der Waals surface area contributed by atoms with Crippen LogP contribution in [0, 0.1) is 6.92 Å². The molecule has 0 aliphatic rings. The Bertz CT molecular complexity index is 729. The number of aryl methyl sites for hydroxylation is 1. The number of methoxy groups -OCH3 is 1. The van der Waals surface area contributed by atoms with Crippen LogP contribution < -0.4 is 15.4 Å². The molecule has 2 aromatic rings. The molecule has 0 aliphatic carbocycles. The van der Waals surface area contributed by atoms with E-state index < -0.39 is 6.03 Å². The first-order valence-electron chi connectivity index (χ1n) is 7.96. The van der Waals surface area contributed by atoms with Crippen LogP contribution in [0.1, 0.15) is 11.1 Å². The molecule has 6 nitrogen and oxygen atoms in total. The number of hydrogen-bond acceptors (Lipinski definition) is 4. The number of carbonyl (C=O) groups is 2. The Morgan fingerprint density at radius 2 is 1.76 bits per heavy atom. The lowest BCUT2D eigenvalue weighted by Crippen LogP contribution is -2.40. The smallest absolute Gasteiger partial charge is 0.325 e. The lowest BCUT2D eigenvalue weighted by Gasteiger charge is -2.17. The van der Waals surface area contributed by atoms with Crippen LogP contribution in [0.2, 0.25) is 0 Å². The number of urea groups is 1. The lowest BCUT2D eigenvalue weighted by molar-refractivity contribution is -0.120. The molecule has 0 heterocycles. The topological polar surface area (TPSA) is 70.7 Å². The van der Waals surface area contributed by atoms with Gasteiger partial charge in [-0.15, -0.1) is 0 Å².